The van der Waals surface area contributed by atoms with E-state index < -0.39 is 5.91 Å². The lowest BCUT2D eigenvalue weighted by Gasteiger charge is -2.16. The number of carbonyl (C=O) groups excluding carboxylic acids is 1. The average molecular weight is 435 g/mol. The van der Waals surface area contributed by atoms with Crippen LogP contribution in [0.1, 0.15) is 29.9 Å². The molecule has 0 saturated heterocycles. The molecule has 2 aromatic heterocycles. The van der Waals surface area contributed by atoms with Crippen molar-refractivity contribution >= 4 is 28.7 Å². The van der Waals surface area contributed by atoms with Gasteiger partial charge >= 0.3 is 0 Å². The second kappa shape index (κ2) is 12.0. The Hall–Kier alpha value is -3.94. The van der Waals surface area contributed by atoms with Crippen molar-refractivity contribution in [2.24, 2.45) is 10.7 Å². The molecule has 3 N–H and O–H groups in total. The molecule has 0 unspecified atom stereocenters. The fraction of sp³-hybridized carbons (Fsp3) is 0.250. The van der Waals surface area contributed by atoms with Crippen molar-refractivity contribution in [1.82, 2.24) is 20.1 Å². The molecule has 8 heteroatoms. The van der Waals surface area contributed by atoms with Crippen LogP contribution in [0.3, 0.4) is 0 Å². The number of rotatable bonds is 5. The van der Waals surface area contributed by atoms with Crippen LogP contribution < -0.4 is 5.73 Å². The van der Waals surface area contributed by atoms with Gasteiger partial charge in [0.25, 0.3) is 5.91 Å². The minimum Gasteiger partial charge on any atom is -0.490 e. The number of hydrogen-bond donors (Lipinski definition) is 2. The summed E-state index contributed by atoms with van der Waals surface area (Å²) in [5, 5.41) is 7.64. The maximum absolute atomic E-state index is 11.7. The van der Waals surface area contributed by atoms with Gasteiger partial charge in [-0.1, -0.05) is 24.8 Å². The molecule has 1 aliphatic heterocycles. The van der Waals surface area contributed by atoms with Crippen molar-refractivity contribution in [2.75, 3.05) is 27.2 Å². The Morgan fingerprint density at radius 1 is 1.44 bits per heavy atom. The summed E-state index contributed by atoms with van der Waals surface area (Å²) in [5.74, 6) is 0.102. The van der Waals surface area contributed by atoms with Crippen LogP contribution in [-0.2, 0) is 4.74 Å². The van der Waals surface area contributed by atoms with Crippen LogP contribution in [0.25, 0.3) is 16.6 Å². The van der Waals surface area contributed by atoms with Crippen molar-refractivity contribution in [1.29, 1.82) is 0 Å². The van der Waals surface area contributed by atoms with Crippen LogP contribution in [0.5, 0.6) is 0 Å². The molecule has 0 saturated carbocycles. The number of aromatic nitrogens is 3. The van der Waals surface area contributed by atoms with E-state index in [4.69, 9.17) is 10.5 Å². The number of pyridine rings is 1. The number of amides is 1. The molecule has 0 aromatic carbocycles. The average Bonchev–Trinajstić information content (AvgIpc) is 3.27. The lowest BCUT2D eigenvalue weighted by Crippen LogP contribution is -2.14. The third kappa shape index (κ3) is 6.53. The first-order chi connectivity index (χ1) is 15.4. The second-order valence-electron chi connectivity index (χ2n) is 6.90. The number of aromatic amines is 1. The van der Waals surface area contributed by atoms with E-state index in [9.17, 15) is 4.79 Å². The Morgan fingerprint density at radius 3 is 2.84 bits per heavy atom. The van der Waals surface area contributed by atoms with Crippen molar-refractivity contribution in [3.05, 3.63) is 78.0 Å². The Balaban J connectivity index is 0.000000837. The molecule has 0 atom stereocenters. The van der Waals surface area contributed by atoms with Crippen molar-refractivity contribution in [3.63, 3.8) is 0 Å². The van der Waals surface area contributed by atoms with Crippen LogP contribution in [0, 0.1) is 0 Å². The van der Waals surface area contributed by atoms with Crippen LogP contribution >= 0.6 is 0 Å². The zero-order valence-electron chi connectivity index (χ0n) is 19.0. The minimum atomic E-state index is -0.604. The first-order valence-electron chi connectivity index (χ1n) is 10.2. The molecular weight excluding hydrogens is 404 g/mol. The number of nitrogens with zero attached hydrogens (tertiary/aromatic N) is 4. The lowest BCUT2D eigenvalue weighted by molar-refractivity contribution is 0.0996. The predicted molar refractivity (Wildman–Crippen MR) is 130 cm³/mol. The zero-order chi connectivity index (χ0) is 23.5. The van der Waals surface area contributed by atoms with Crippen LogP contribution in [-0.4, -0.2) is 59.5 Å². The summed E-state index contributed by atoms with van der Waals surface area (Å²) in [7, 11) is 3.71. The summed E-state index contributed by atoms with van der Waals surface area (Å²) in [5.41, 5.74) is 8.46. The number of nitrogens with one attached hydrogen (secondary N) is 1. The second-order valence-corrected chi connectivity index (χ2v) is 6.90. The lowest BCUT2D eigenvalue weighted by atomic mass is 9.96. The highest BCUT2D eigenvalue weighted by molar-refractivity contribution is 6.00. The van der Waals surface area contributed by atoms with E-state index >= 15 is 0 Å². The van der Waals surface area contributed by atoms with Gasteiger partial charge in [0.2, 0.25) is 0 Å². The van der Waals surface area contributed by atoms with E-state index in [0.29, 0.717) is 24.6 Å². The highest BCUT2D eigenvalue weighted by Gasteiger charge is 2.17. The number of H-pyrrole nitrogens is 1. The van der Waals surface area contributed by atoms with Gasteiger partial charge in [0.15, 0.2) is 5.65 Å². The number of ether oxygens (including phenoxy) is 1. The summed E-state index contributed by atoms with van der Waals surface area (Å²) in [6, 6.07) is 1.67. The molecule has 0 bridgehead atoms. The molecule has 1 amide bonds. The van der Waals surface area contributed by atoms with Gasteiger partial charge in [-0.2, -0.15) is 5.10 Å². The fourth-order valence-electron chi connectivity index (χ4n) is 2.84. The summed E-state index contributed by atoms with van der Waals surface area (Å²) >= 11 is 0. The molecule has 0 aliphatic carbocycles. The monoisotopic (exact) mass is 434 g/mol. The highest BCUT2D eigenvalue weighted by atomic mass is 16.5. The molecular formula is C24H30N6O2. The number of carbonyl (C=O) groups is 1. The minimum absolute atomic E-state index is 0.162. The number of allylic oxidation sites excluding steroid dienone is 5. The predicted octanol–water partition coefficient (Wildman–Crippen LogP) is 3.64. The van der Waals surface area contributed by atoms with E-state index in [1.165, 1.54) is 0 Å². The van der Waals surface area contributed by atoms with E-state index in [1.54, 1.807) is 25.5 Å². The SMILES string of the molecule is C=C1/C=C(OC/C=C/C)\C=C/CN(C)/C=C\1c1cc(C(N)=O)nc2[nH]ncc12.CC=NC. The van der Waals surface area contributed by atoms with Gasteiger partial charge in [-0.15, -0.1) is 0 Å². The number of aliphatic imine (C=N–C) groups is 1. The summed E-state index contributed by atoms with van der Waals surface area (Å²) < 4.78 is 5.81. The van der Waals surface area contributed by atoms with Crippen molar-refractivity contribution < 1.29 is 9.53 Å². The quantitative estimate of drug-likeness (QED) is 0.551. The summed E-state index contributed by atoms with van der Waals surface area (Å²) in [4.78, 5) is 21.6. The smallest absolute Gasteiger partial charge is 0.267 e. The first-order valence-corrected chi connectivity index (χ1v) is 10.2. The number of hydrogen-bond acceptors (Lipinski definition) is 6. The third-order valence-electron chi connectivity index (χ3n) is 4.49. The summed E-state index contributed by atoms with van der Waals surface area (Å²) in [6.07, 6.45) is 15.1. The topological polar surface area (TPSA) is 109 Å². The largest absolute Gasteiger partial charge is 0.490 e. The Bertz CT molecular complexity index is 1100. The van der Waals surface area contributed by atoms with Crippen molar-refractivity contribution in [2.45, 2.75) is 13.8 Å². The van der Waals surface area contributed by atoms with Crippen molar-refractivity contribution in [3.8, 4) is 0 Å². The van der Waals surface area contributed by atoms with E-state index in [-0.39, 0.29) is 5.69 Å². The molecule has 0 spiro atoms. The molecule has 32 heavy (non-hydrogen) atoms. The third-order valence-corrected chi connectivity index (χ3v) is 4.49. The molecule has 3 rings (SSSR count). The van der Waals surface area contributed by atoms with Gasteiger partial charge in [-0.3, -0.25) is 9.89 Å². The van der Waals surface area contributed by atoms with Gasteiger partial charge in [-0.25, -0.2) is 4.98 Å². The number of nitrogens with two attached hydrogens (primary N) is 1. The van der Waals surface area contributed by atoms with Crippen LogP contribution in [0.15, 0.2) is 71.7 Å². The van der Waals surface area contributed by atoms with Gasteiger partial charge in [0.1, 0.15) is 18.1 Å². The fourth-order valence-corrected chi connectivity index (χ4v) is 2.84. The Morgan fingerprint density at radius 2 is 2.19 bits per heavy atom. The van der Waals surface area contributed by atoms with Crippen LogP contribution in [0.2, 0.25) is 0 Å². The molecule has 2 aromatic rings. The highest BCUT2D eigenvalue weighted by Crippen LogP contribution is 2.31. The maximum atomic E-state index is 11.7. The molecule has 0 radical (unpaired) electrons. The van der Waals surface area contributed by atoms with E-state index in [1.807, 2.05) is 62.4 Å². The molecule has 168 valence electrons. The number of likely N-dealkylation sites (N-methyl/N-ethyl adjacent to an activating group) is 1. The Labute approximate surface area is 188 Å². The molecule has 0 fully saturated rings. The molecule has 8 nitrogen and oxygen atoms in total. The molecule has 1 aliphatic rings. The van der Waals surface area contributed by atoms with E-state index in [2.05, 4.69) is 26.8 Å². The van der Waals surface area contributed by atoms with Gasteiger partial charge in [0, 0.05) is 37.8 Å². The zero-order valence-corrected chi connectivity index (χ0v) is 19.0. The standard InChI is InChI=1S/C21H23N5O2.C3H7N/c1-4-5-9-28-15-7-6-8-26(3)13-18(14(2)10-15)16-11-19(20(22)27)24-21-17(16)12-23-25-21;1-3-4-2/h4-7,10-13H,2,8-9H2,1,3H3,(H2,22,27)(H,23,24,25);3H,1-2H3/b5-4+,7-6-,15-10+,18-13+;. The van der Waals surface area contributed by atoms with Gasteiger partial charge in [0.05, 0.1) is 6.20 Å². The number of fused-ring (bicyclic) bond motifs is 1. The maximum Gasteiger partial charge on any atom is 0.267 e. The molecule has 3 heterocycles. The van der Waals surface area contributed by atoms with E-state index in [0.717, 1.165) is 22.1 Å². The normalized spacial score (nSPS) is 18.8. The number of primary amides is 1. The van der Waals surface area contributed by atoms with Gasteiger partial charge in [-0.05, 0) is 49.4 Å². The summed E-state index contributed by atoms with van der Waals surface area (Å²) in [6.45, 7) is 9.22. The first kappa shape index (κ1) is 24.3. The Kier molecular flexibility index (Phi) is 9.16. The van der Waals surface area contributed by atoms with Gasteiger partial charge < -0.3 is 20.4 Å². The van der Waals surface area contributed by atoms with Crippen LogP contribution in [0.4, 0.5) is 0 Å².